The molecule has 0 radical (unpaired) electrons. The molecule has 0 spiro atoms. The fraction of sp³-hybridized carbons (Fsp3) is 0.111. The summed E-state index contributed by atoms with van der Waals surface area (Å²) in [6.45, 7) is 0. The van der Waals surface area contributed by atoms with Gasteiger partial charge in [-0.25, -0.2) is 0 Å². The van der Waals surface area contributed by atoms with Crippen LogP contribution in [0.15, 0.2) is 29.3 Å². The Morgan fingerprint density at radius 1 is 1.25 bits per heavy atom. The van der Waals surface area contributed by atoms with Crippen molar-refractivity contribution in [2.24, 2.45) is 4.99 Å². The number of amidine groups is 1. The first-order valence-corrected chi connectivity index (χ1v) is 4.90. The van der Waals surface area contributed by atoms with E-state index in [1.165, 1.54) is 12.1 Å². The summed E-state index contributed by atoms with van der Waals surface area (Å²) < 4.78 is 36.6. The van der Waals surface area contributed by atoms with Crippen LogP contribution in [0.5, 0.6) is 0 Å². The predicted molar refractivity (Wildman–Crippen MR) is 61.7 cm³/mol. The van der Waals surface area contributed by atoms with E-state index in [0.717, 1.165) is 12.1 Å². The van der Waals surface area contributed by atoms with Crippen LogP contribution in [-0.2, 0) is 18.8 Å². The molecule has 86 valence electrons. The largest absolute Gasteiger partial charge is 0.416 e. The molecule has 0 atom stereocenters. The van der Waals surface area contributed by atoms with Gasteiger partial charge in [0, 0.05) is 18.2 Å². The van der Waals surface area contributed by atoms with E-state index < -0.39 is 11.7 Å². The molecule has 0 aromatic heterocycles. The molecule has 0 aliphatic heterocycles. The van der Waals surface area contributed by atoms with Crippen LogP contribution in [0.25, 0.3) is 0 Å². The molecule has 0 aliphatic carbocycles. The van der Waals surface area contributed by atoms with Crippen LogP contribution in [0.4, 0.5) is 13.2 Å². The molecule has 1 N–H and O–H groups in total. The van der Waals surface area contributed by atoms with Gasteiger partial charge < -0.3 is 0 Å². The van der Waals surface area contributed by atoms with E-state index in [-0.39, 0.29) is 15.9 Å². The lowest BCUT2D eigenvalue weighted by molar-refractivity contribution is -0.137. The van der Waals surface area contributed by atoms with Gasteiger partial charge in [-0.15, -0.1) is 0 Å². The Hall–Kier alpha value is -1.01. The van der Waals surface area contributed by atoms with Crippen LogP contribution in [0.3, 0.4) is 0 Å². The van der Waals surface area contributed by atoms with Gasteiger partial charge in [0.1, 0.15) is 0 Å². The highest BCUT2D eigenvalue weighted by atomic mass is 35.5. The van der Waals surface area contributed by atoms with Crippen molar-refractivity contribution in [3.63, 3.8) is 0 Å². The van der Waals surface area contributed by atoms with Crippen LogP contribution < -0.4 is 0 Å². The monoisotopic (exact) mass is 267 g/mol. The quantitative estimate of drug-likeness (QED) is 0.461. The van der Waals surface area contributed by atoms with Crippen molar-refractivity contribution >= 4 is 34.6 Å². The molecule has 0 amide bonds. The molecule has 1 aromatic carbocycles. The molecule has 1 rings (SSSR count). The first-order valence-electron chi connectivity index (χ1n) is 4.02. The van der Waals surface area contributed by atoms with Gasteiger partial charge in [-0.2, -0.15) is 18.2 Å². The third-order valence-corrected chi connectivity index (χ3v) is 1.89. The summed E-state index contributed by atoms with van der Waals surface area (Å²) in [5.74, 6) is -0.214. The Labute approximate surface area is 100 Å². The molecule has 0 bridgehead atoms. The van der Waals surface area contributed by atoms with Crippen molar-refractivity contribution in [3.8, 4) is 0 Å². The molecule has 0 aliphatic rings. The van der Waals surface area contributed by atoms with Crippen LogP contribution >= 0.6 is 11.6 Å². The predicted octanol–water partition coefficient (Wildman–Crippen LogP) is 2.64. The van der Waals surface area contributed by atoms with Crippen LogP contribution in [0.1, 0.15) is 11.1 Å². The number of aliphatic imine (C=N–C) groups is 1. The van der Waals surface area contributed by atoms with E-state index in [1.807, 2.05) is 0 Å². The summed E-state index contributed by atoms with van der Waals surface area (Å²) in [6, 6.07) is 4.11. The number of benzene rings is 1. The first kappa shape index (κ1) is 13.1. The molecule has 7 heteroatoms. The number of rotatable bonds is 1. The van der Waals surface area contributed by atoms with Gasteiger partial charge in [-0.3, -0.25) is 5.41 Å². The topological polar surface area (TPSA) is 36.2 Å². The lowest BCUT2D eigenvalue weighted by Crippen LogP contribution is -2.05. The van der Waals surface area contributed by atoms with Gasteiger partial charge in [0.25, 0.3) is 0 Å². The smallest absolute Gasteiger partial charge is 0.282 e. The van der Waals surface area contributed by atoms with Crippen LogP contribution in [0.2, 0.25) is 0 Å². The third-order valence-electron chi connectivity index (χ3n) is 1.70. The second-order valence-electron chi connectivity index (χ2n) is 2.83. The molecule has 1 aromatic rings. The lowest BCUT2D eigenvalue weighted by Gasteiger charge is -2.06. The van der Waals surface area contributed by atoms with Gasteiger partial charge in [-0.05, 0) is 23.7 Å². The minimum atomic E-state index is -4.38. The molecule has 0 saturated heterocycles. The Morgan fingerprint density at radius 2 is 1.75 bits per heavy atom. The standard InChI is InChI=1S/C9H6ClF3N2S/c10-8(16)15-7(14)5-1-3-6(4-2-5)9(11,12)13/h1-4H,(H2,14,15,16)/p+1. The van der Waals surface area contributed by atoms with E-state index in [0.29, 0.717) is 0 Å². The van der Waals surface area contributed by atoms with Gasteiger partial charge >= 0.3 is 10.7 Å². The van der Waals surface area contributed by atoms with Gasteiger partial charge in [-0.1, -0.05) is 12.1 Å². The number of hydrogen-bond donors (Lipinski definition) is 1. The summed E-state index contributed by atoms with van der Waals surface area (Å²) >= 11 is 8.23. The Kier molecular flexibility index (Phi) is 3.98. The molecule has 0 saturated carbocycles. The summed E-state index contributed by atoms with van der Waals surface area (Å²) in [7, 11) is 0. The molecular formula is C9H7ClF3N2S+. The maximum Gasteiger partial charge on any atom is 0.416 e. The molecule has 0 unspecified atom stereocenters. The fourth-order valence-electron chi connectivity index (χ4n) is 0.980. The zero-order valence-electron chi connectivity index (χ0n) is 7.77. The van der Waals surface area contributed by atoms with Gasteiger partial charge in [0.2, 0.25) is 0 Å². The second-order valence-corrected chi connectivity index (χ2v) is 3.97. The number of nitrogens with one attached hydrogen (secondary N) is 1. The Balaban J connectivity index is 2.96. The van der Waals surface area contributed by atoms with E-state index >= 15 is 0 Å². The van der Waals surface area contributed by atoms with Crippen molar-refractivity contribution in [1.29, 1.82) is 5.41 Å². The van der Waals surface area contributed by atoms with Crippen molar-refractivity contribution in [1.82, 2.24) is 0 Å². The van der Waals surface area contributed by atoms with Gasteiger partial charge in [0.05, 0.1) is 5.56 Å². The second kappa shape index (κ2) is 4.88. The van der Waals surface area contributed by atoms with Crippen molar-refractivity contribution in [2.45, 2.75) is 6.18 Å². The zero-order valence-corrected chi connectivity index (χ0v) is 9.52. The zero-order chi connectivity index (χ0) is 12.3. The number of nitrogens with zero attached hydrogens (tertiary/aromatic N) is 1. The van der Waals surface area contributed by atoms with E-state index in [1.54, 1.807) is 0 Å². The van der Waals surface area contributed by atoms with Crippen molar-refractivity contribution in [3.05, 3.63) is 35.4 Å². The molecule has 0 fully saturated rings. The first-order chi connectivity index (χ1) is 7.30. The van der Waals surface area contributed by atoms with Crippen LogP contribution in [-0.4, -0.2) is 10.3 Å². The Morgan fingerprint density at radius 3 is 2.12 bits per heavy atom. The number of halogens is 4. The van der Waals surface area contributed by atoms with Crippen LogP contribution in [0, 0.1) is 5.41 Å². The minimum absolute atomic E-state index is 0.0371. The lowest BCUT2D eigenvalue weighted by atomic mass is 10.1. The van der Waals surface area contributed by atoms with Crippen molar-refractivity contribution < 1.29 is 13.2 Å². The van der Waals surface area contributed by atoms with Crippen molar-refractivity contribution in [2.75, 3.05) is 0 Å². The minimum Gasteiger partial charge on any atom is -0.282 e. The summed E-state index contributed by atoms with van der Waals surface area (Å²) in [5, 5.41) is 7.40. The fourth-order valence-corrected chi connectivity index (χ4v) is 1.18. The Bertz CT molecular complexity index is 421. The van der Waals surface area contributed by atoms with Gasteiger partial charge in [0.15, 0.2) is 5.84 Å². The highest BCUT2D eigenvalue weighted by Crippen LogP contribution is 2.29. The maximum absolute atomic E-state index is 12.2. The maximum atomic E-state index is 12.2. The SMILES string of the molecule is N=C(N=C([SH2+])Cl)c1ccc(C(F)(F)F)cc1. The number of hydrogen-bond acceptors (Lipinski definition) is 1. The highest BCUT2D eigenvalue weighted by molar-refractivity contribution is 7.82. The summed E-state index contributed by atoms with van der Waals surface area (Å²) in [5.41, 5.74) is -0.512. The molecule has 16 heavy (non-hydrogen) atoms. The highest BCUT2D eigenvalue weighted by Gasteiger charge is 2.30. The normalized spacial score (nSPS) is 12.7. The molecule has 0 heterocycles. The number of alkyl halides is 3. The molecule has 2 nitrogen and oxygen atoms in total. The summed E-state index contributed by atoms with van der Waals surface area (Å²) in [4.78, 5) is 3.54. The van der Waals surface area contributed by atoms with E-state index in [4.69, 9.17) is 17.0 Å². The van der Waals surface area contributed by atoms with E-state index in [2.05, 4.69) is 17.6 Å². The average molecular weight is 268 g/mol. The third kappa shape index (κ3) is 3.53. The van der Waals surface area contributed by atoms with E-state index in [9.17, 15) is 13.2 Å². The summed E-state index contributed by atoms with van der Waals surface area (Å²) in [6.07, 6.45) is -4.38. The average Bonchev–Trinajstić information content (AvgIpc) is 2.15. The molecular weight excluding hydrogens is 261 g/mol.